The standard InChI is InChI=1S/C43H68N4O6/c1-6-9-10-11-12-13-14-15-16-17-18-19-20-21-22-23-24-25-26-30-40(49)45-31-28-27-29-38(43(51)52-5)47-42(50)35-32-37(44)41(46-34(4)48)39(33-35)53-36(7-2)8-3/h9-10,12-13,15-16,18-19,21-22,24-25,33,36-39,41H,6-8,11,14,17,20,23,26-32,44H2,1-5H3,(H,45,49)(H,46,48)(H,47,50)/b10-9-,13-12-,16-15-,19-18-,22-21-,25-24-/t37-,38-,39+,41+/m0/s1. The SMILES string of the molecule is CC/C=C\C/C=C\C/C=C\C/C=C\C/C=C\C/C=C\CCC(=O)NCCCC[C@H](NC(=O)C1=C[C@@H](OC(CC)CC)[C@H](NC(C)=O)[C@@H](N)C1)C(=O)OC. The number of rotatable bonds is 27. The maximum Gasteiger partial charge on any atom is 0.328 e. The number of amides is 3. The minimum absolute atomic E-state index is 0.0225. The van der Waals surface area contributed by atoms with Crippen LogP contribution in [0.5, 0.6) is 0 Å². The molecule has 0 spiro atoms. The second-order valence-corrected chi connectivity index (χ2v) is 13.2. The zero-order valence-electron chi connectivity index (χ0n) is 33.0. The molecule has 0 saturated carbocycles. The molecule has 10 nitrogen and oxygen atoms in total. The van der Waals surface area contributed by atoms with Crippen molar-refractivity contribution in [2.75, 3.05) is 13.7 Å². The second kappa shape index (κ2) is 30.4. The molecular formula is C43H68N4O6. The van der Waals surface area contributed by atoms with E-state index in [1.165, 1.54) is 14.0 Å². The summed E-state index contributed by atoms with van der Waals surface area (Å²) < 4.78 is 11.2. The molecule has 1 rings (SSSR count). The van der Waals surface area contributed by atoms with Crippen molar-refractivity contribution in [2.45, 2.75) is 148 Å². The molecule has 0 aliphatic heterocycles. The van der Waals surface area contributed by atoms with E-state index in [0.29, 0.717) is 44.2 Å². The number of esters is 1. The van der Waals surface area contributed by atoms with E-state index in [2.05, 4.69) is 89.7 Å². The number of nitrogens with two attached hydrogens (primary N) is 1. The first-order valence-electron chi connectivity index (χ1n) is 19.6. The van der Waals surface area contributed by atoms with Crippen molar-refractivity contribution >= 4 is 23.7 Å². The number of carbonyl (C=O) groups excluding carboxylic acids is 4. The van der Waals surface area contributed by atoms with Gasteiger partial charge in [-0.25, -0.2) is 4.79 Å². The van der Waals surface area contributed by atoms with Gasteiger partial charge in [-0.3, -0.25) is 14.4 Å². The van der Waals surface area contributed by atoms with Crippen molar-refractivity contribution in [3.8, 4) is 0 Å². The summed E-state index contributed by atoms with van der Waals surface area (Å²) in [5, 5.41) is 8.60. The van der Waals surface area contributed by atoms with Gasteiger partial charge in [-0.2, -0.15) is 0 Å². The van der Waals surface area contributed by atoms with Gasteiger partial charge >= 0.3 is 5.97 Å². The molecule has 0 aromatic heterocycles. The zero-order valence-corrected chi connectivity index (χ0v) is 33.0. The monoisotopic (exact) mass is 737 g/mol. The van der Waals surface area contributed by atoms with E-state index in [1.807, 2.05) is 19.9 Å². The Morgan fingerprint density at radius 3 is 1.89 bits per heavy atom. The van der Waals surface area contributed by atoms with E-state index < -0.39 is 36.1 Å². The molecule has 0 unspecified atom stereocenters. The molecule has 3 amide bonds. The summed E-state index contributed by atoms with van der Waals surface area (Å²) in [5.41, 5.74) is 6.81. The minimum atomic E-state index is -0.847. The minimum Gasteiger partial charge on any atom is -0.467 e. The fourth-order valence-electron chi connectivity index (χ4n) is 5.70. The van der Waals surface area contributed by atoms with Gasteiger partial charge in [0.15, 0.2) is 0 Å². The quantitative estimate of drug-likeness (QED) is 0.0398. The third-order valence-electron chi connectivity index (χ3n) is 8.73. The maximum atomic E-state index is 13.3. The second-order valence-electron chi connectivity index (χ2n) is 13.2. The first-order valence-corrected chi connectivity index (χ1v) is 19.6. The molecule has 0 aromatic rings. The molecule has 0 aromatic carbocycles. The van der Waals surface area contributed by atoms with E-state index in [4.69, 9.17) is 15.2 Å². The Hall–Kier alpha value is -4.02. The molecule has 0 heterocycles. The smallest absolute Gasteiger partial charge is 0.328 e. The van der Waals surface area contributed by atoms with Crippen LogP contribution in [0.2, 0.25) is 0 Å². The van der Waals surface area contributed by atoms with Gasteiger partial charge in [-0.05, 0) is 89.5 Å². The van der Waals surface area contributed by atoms with Crippen molar-refractivity contribution in [1.82, 2.24) is 16.0 Å². The van der Waals surface area contributed by atoms with E-state index >= 15 is 0 Å². The Kier molecular flexibility index (Phi) is 27.0. The van der Waals surface area contributed by atoms with Crippen LogP contribution >= 0.6 is 0 Å². The van der Waals surface area contributed by atoms with Crippen LogP contribution < -0.4 is 21.7 Å². The van der Waals surface area contributed by atoms with Gasteiger partial charge in [0.05, 0.1) is 25.4 Å². The highest BCUT2D eigenvalue weighted by Crippen LogP contribution is 2.24. The molecule has 0 radical (unpaired) electrons. The van der Waals surface area contributed by atoms with Crippen LogP contribution in [-0.4, -0.2) is 67.7 Å². The van der Waals surface area contributed by atoms with Crippen LogP contribution in [-0.2, 0) is 28.7 Å². The zero-order chi connectivity index (χ0) is 39.1. The predicted molar refractivity (Wildman–Crippen MR) is 216 cm³/mol. The Labute approximate surface area is 319 Å². The van der Waals surface area contributed by atoms with Crippen LogP contribution in [0.4, 0.5) is 0 Å². The largest absolute Gasteiger partial charge is 0.467 e. The van der Waals surface area contributed by atoms with Gasteiger partial charge in [-0.1, -0.05) is 93.7 Å². The lowest BCUT2D eigenvalue weighted by Crippen LogP contribution is -2.57. The fourth-order valence-corrected chi connectivity index (χ4v) is 5.70. The van der Waals surface area contributed by atoms with Gasteiger partial charge in [-0.15, -0.1) is 0 Å². The van der Waals surface area contributed by atoms with Crippen molar-refractivity contribution in [1.29, 1.82) is 0 Å². The molecule has 296 valence electrons. The number of carbonyl (C=O) groups is 4. The van der Waals surface area contributed by atoms with E-state index in [1.54, 1.807) is 6.08 Å². The maximum absolute atomic E-state index is 13.3. The van der Waals surface area contributed by atoms with Crippen molar-refractivity contribution in [3.63, 3.8) is 0 Å². The van der Waals surface area contributed by atoms with Crippen LogP contribution in [0, 0.1) is 0 Å². The van der Waals surface area contributed by atoms with Crippen molar-refractivity contribution in [3.05, 3.63) is 84.6 Å². The summed E-state index contributed by atoms with van der Waals surface area (Å²) in [6.45, 7) is 8.07. The van der Waals surface area contributed by atoms with Crippen LogP contribution in [0.25, 0.3) is 0 Å². The Bertz CT molecular complexity index is 1280. The summed E-state index contributed by atoms with van der Waals surface area (Å²) in [6, 6.07) is -1.86. The summed E-state index contributed by atoms with van der Waals surface area (Å²) in [6.07, 6.45) is 37.2. The van der Waals surface area contributed by atoms with Gasteiger partial charge in [0.2, 0.25) is 17.7 Å². The number of unbranched alkanes of at least 4 members (excludes halogenated alkanes) is 1. The molecular weight excluding hydrogens is 668 g/mol. The third kappa shape index (κ3) is 22.6. The summed E-state index contributed by atoms with van der Waals surface area (Å²) >= 11 is 0. The number of hydrogen-bond donors (Lipinski definition) is 4. The topological polar surface area (TPSA) is 149 Å². The van der Waals surface area contributed by atoms with E-state index in [9.17, 15) is 19.2 Å². The number of hydrogen-bond acceptors (Lipinski definition) is 7. The molecule has 10 heteroatoms. The number of allylic oxidation sites excluding steroid dienone is 12. The Morgan fingerprint density at radius 2 is 1.38 bits per heavy atom. The first-order chi connectivity index (χ1) is 25.7. The fraction of sp³-hybridized carbons (Fsp3) is 0.581. The van der Waals surface area contributed by atoms with Gasteiger partial charge < -0.3 is 31.2 Å². The summed E-state index contributed by atoms with van der Waals surface area (Å²) in [7, 11) is 1.28. The lowest BCUT2D eigenvalue weighted by atomic mass is 9.87. The van der Waals surface area contributed by atoms with Crippen molar-refractivity contribution in [2.24, 2.45) is 5.73 Å². The Balaban J connectivity index is 2.37. The molecule has 4 atom stereocenters. The highest BCUT2D eigenvalue weighted by Gasteiger charge is 2.36. The number of methoxy groups -OCH3 is 1. The van der Waals surface area contributed by atoms with E-state index in [-0.39, 0.29) is 24.3 Å². The van der Waals surface area contributed by atoms with Crippen molar-refractivity contribution < 1.29 is 28.7 Å². The van der Waals surface area contributed by atoms with Crippen LogP contribution in [0.1, 0.15) is 118 Å². The lowest BCUT2D eigenvalue weighted by molar-refractivity contribution is -0.145. The Morgan fingerprint density at radius 1 is 0.830 bits per heavy atom. The third-order valence-corrected chi connectivity index (χ3v) is 8.73. The molecule has 53 heavy (non-hydrogen) atoms. The molecule has 0 saturated heterocycles. The number of ether oxygens (including phenoxy) is 2. The first kappa shape index (κ1) is 47.0. The average Bonchev–Trinajstić information content (AvgIpc) is 3.14. The van der Waals surface area contributed by atoms with E-state index in [0.717, 1.165) is 51.4 Å². The molecule has 1 aliphatic carbocycles. The average molecular weight is 737 g/mol. The van der Waals surface area contributed by atoms with Crippen LogP contribution in [0.3, 0.4) is 0 Å². The summed E-state index contributed by atoms with van der Waals surface area (Å²) in [4.78, 5) is 50.0. The molecule has 1 aliphatic rings. The lowest BCUT2D eigenvalue weighted by Gasteiger charge is -2.37. The van der Waals surface area contributed by atoms with Gasteiger partial charge in [0.1, 0.15) is 6.04 Å². The summed E-state index contributed by atoms with van der Waals surface area (Å²) in [5.74, 6) is -1.21. The highest BCUT2D eigenvalue weighted by molar-refractivity contribution is 5.96. The predicted octanol–water partition coefficient (Wildman–Crippen LogP) is 7.14. The molecule has 5 N–H and O–H groups in total. The molecule has 0 fully saturated rings. The van der Waals surface area contributed by atoms with Gasteiger partial charge in [0.25, 0.3) is 0 Å². The molecule has 0 bridgehead atoms. The van der Waals surface area contributed by atoms with Crippen LogP contribution in [0.15, 0.2) is 84.6 Å². The normalized spacial score (nSPS) is 18.5. The van der Waals surface area contributed by atoms with Gasteiger partial charge in [0, 0.05) is 31.5 Å². The number of nitrogens with one attached hydrogen (secondary N) is 3. The highest BCUT2D eigenvalue weighted by atomic mass is 16.5.